The Hall–Kier alpha value is -4.10. The standard InChI is InChI=1S/C22H24F3N9O2/c1-10-27-16-4-3-14(28-21(16)33(10)9-17(24)25)12-7-18(36)34-19(12)20(26)30-22(31-34)29-15-5-6-32(11(2)35)8-13(15)23/h3-4,7,13,15,17,36H,5-6,8-9H2,1-2H3,(H3,26,29,30,31). The molecule has 0 bridgehead atoms. The van der Waals surface area contributed by atoms with Gasteiger partial charge in [-0.15, -0.1) is 5.10 Å². The van der Waals surface area contributed by atoms with Gasteiger partial charge in [-0.2, -0.15) is 9.50 Å². The molecule has 0 spiro atoms. The number of likely N-dealkylation sites (tertiary alicyclic amines) is 1. The van der Waals surface area contributed by atoms with Crippen LogP contribution in [0.4, 0.5) is 24.9 Å². The number of anilines is 2. The summed E-state index contributed by atoms with van der Waals surface area (Å²) in [6, 6.07) is 4.03. The number of pyridine rings is 1. The number of aromatic hydroxyl groups is 1. The molecular weight excluding hydrogens is 479 g/mol. The van der Waals surface area contributed by atoms with Crippen molar-refractivity contribution >= 4 is 34.4 Å². The van der Waals surface area contributed by atoms with E-state index in [1.807, 2.05) is 0 Å². The third-order valence-corrected chi connectivity index (χ3v) is 6.30. The molecule has 1 aliphatic heterocycles. The van der Waals surface area contributed by atoms with Crippen molar-refractivity contribution in [2.24, 2.45) is 0 Å². The first-order chi connectivity index (χ1) is 17.1. The van der Waals surface area contributed by atoms with Crippen molar-refractivity contribution in [1.82, 2.24) is 34.0 Å². The molecule has 1 aliphatic rings. The SMILES string of the molecule is CC(=O)N1CCC(Nc2nc(N)c3c(-c4ccc5nc(C)n(CC(F)F)c5n4)cc(O)n3n2)C(F)C1. The van der Waals surface area contributed by atoms with Crippen LogP contribution in [0.3, 0.4) is 0 Å². The summed E-state index contributed by atoms with van der Waals surface area (Å²) in [7, 11) is 0. The lowest BCUT2D eigenvalue weighted by molar-refractivity contribution is -0.131. The van der Waals surface area contributed by atoms with E-state index >= 15 is 0 Å². The van der Waals surface area contributed by atoms with Crippen LogP contribution in [0.1, 0.15) is 19.2 Å². The molecule has 1 saturated heterocycles. The Kier molecular flexibility index (Phi) is 5.80. The first-order valence-electron chi connectivity index (χ1n) is 11.3. The minimum Gasteiger partial charge on any atom is -0.493 e. The lowest BCUT2D eigenvalue weighted by Gasteiger charge is -2.34. The molecule has 1 fully saturated rings. The topological polar surface area (TPSA) is 139 Å². The highest BCUT2D eigenvalue weighted by molar-refractivity contribution is 5.89. The molecule has 14 heteroatoms. The number of alkyl halides is 3. The van der Waals surface area contributed by atoms with E-state index in [2.05, 4.69) is 25.4 Å². The predicted octanol–water partition coefficient (Wildman–Crippen LogP) is 2.37. The van der Waals surface area contributed by atoms with E-state index in [9.17, 15) is 23.1 Å². The van der Waals surface area contributed by atoms with Gasteiger partial charge in [-0.25, -0.2) is 23.1 Å². The quantitative estimate of drug-likeness (QED) is 0.377. The number of nitrogens with one attached hydrogen (secondary N) is 1. The maximum Gasteiger partial charge on any atom is 0.256 e. The number of piperidine rings is 1. The van der Waals surface area contributed by atoms with Crippen molar-refractivity contribution in [3.63, 3.8) is 0 Å². The fraction of sp³-hybridized carbons (Fsp3) is 0.409. The molecule has 2 atom stereocenters. The lowest BCUT2D eigenvalue weighted by Crippen LogP contribution is -2.49. The Morgan fingerprint density at radius 1 is 1.31 bits per heavy atom. The molecule has 2 unspecified atom stereocenters. The van der Waals surface area contributed by atoms with Gasteiger partial charge in [0.15, 0.2) is 11.5 Å². The highest BCUT2D eigenvalue weighted by Crippen LogP contribution is 2.34. The molecule has 4 aromatic rings. The Bertz CT molecular complexity index is 1470. The number of imidazole rings is 1. The second kappa shape index (κ2) is 8.84. The Labute approximate surface area is 202 Å². The largest absolute Gasteiger partial charge is 0.493 e. The Morgan fingerprint density at radius 2 is 2.08 bits per heavy atom. The van der Waals surface area contributed by atoms with Gasteiger partial charge in [0.2, 0.25) is 17.7 Å². The van der Waals surface area contributed by atoms with Gasteiger partial charge in [-0.3, -0.25) is 4.79 Å². The van der Waals surface area contributed by atoms with Crippen molar-refractivity contribution in [3.8, 4) is 17.1 Å². The maximum absolute atomic E-state index is 14.6. The molecule has 0 saturated carbocycles. The number of nitrogens with zero attached hydrogens (tertiary/aromatic N) is 7. The smallest absolute Gasteiger partial charge is 0.256 e. The summed E-state index contributed by atoms with van der Waals surface area (Å²) >= 11 is 0. The zero-order chi connectivity index (χ0) is 25.7. The number of aromatic nitrogens is 6. The van der Waals surface area contributed by atoms with E-state index in [0.717, 1.165) is 4.52 Å². The fourth-order valence-electron chi connectivity index (χ4n) is 4.52. The van der Waals surface area contributed by atoms with E-state index in [4.69, 9.17) is 5.73 Å². The van der Waals surface area contributed by atoms with Crippen LogP contribution in [0.15, 0.2) is 18.2 Å². The number of halogens is 3. The molecule has 5 rings (SSSR count). The molecular formula is C22H24F3N9O2. The van der Waals surface area contributed by atoms with Crippen LogP contribution in [-0.4, -0.2) is 76.8 Å². The summed E-state index contributed by atoms with van der Waals surface area (Å²) in [5.74, 6) is -0.0473. The van der Waals surface area contributed by atoms with E-state index in [-0.39, 0.29) is 41.3 Å². The molecule has 0 aromatic carbocycles. The number of hydrogen-bond acceptors (Lipinski definition) is 8. The van der Waals surface area contributed by atoms with Gasteiger partial charge in [0.1, 0.15) is 23.0 Å². The molecule has 0 aliphatic carbocycles. The minimum atomic E-state index is -2.58. The number of aryl methyl sites for hydroxylation is 1. The summed E-state index contributed by atoms with van der Waals surface area (Å²) in [4.78, 5) is 26.0. The summed E-state index contributed by atoms with van der Waals surface area (Å²) in [5.41, 5.74) is 7.93. The van der Waals surface area contributed by atoms with Gasteiger partial charge in [-0.1, -0.05) is 0 Å². The van der Waals surface area contributed by atoms with E-state index in [1.165, 1.54) is 22.5 Å². The number of amides is 1. The van der Waals surface area contributed by atoms with Gasteiger partial charge in [0.05, 0.1) is 24.8 Å². The fourth-order valence-corrected chi connectivity index (χ4v) is 4.52. The van der Waals surface area contributed by atoms with Crippen LogP contribution in [0.2, 0.25) is 0 Å². The summed E-state index contributed by atoms with van der Waals surface area (Å²) in [5, 5.41) is 17.7. The number of nitrogens with two attached hydrogens (primary N) is 1. The first kappa shape index (κ1) is 23.6. The van der Waals surface area contributed by atoms with Crippen LogP contribution in [0.25, 0.3) is 27.9 Å². The molecule has 1 amide bonds. The number of fused-ring (bicyclic) bond motifs is 2. The maximum atomic E-state index is 14.6. The zero-order valence-corrected chi connectivity index (χ0v) is 19.5. The van der Waals surface area contributed by atoms with Gasteiger partial charge >= 0.3 is 0 Å². The minimum absolute atomic E-state index is 0.00135. The van der Waals surface area contributed by atoms with Crippen LogP contribution >= 0.6 is 0 Å². The normalized spacial score (nSPS) is 18.4. The average Bonchev–Trinajstić information content (AvgIpc) is 3.31. The average molecular weight is 503 g/mol. The van der Waals surface area contributed by atoms with Crippen LogP contribution in [-0.2, 0) is 11.3 Å². The molecule has 0 radical (unpaired) electrons. The first-order valence-corrected chi connectivity index (χ1v) is 11.3. The monoisotopic (exact) mass is 503 g/mol. The van der Waals surface area contributed by atoms with Crippen LogP contribution in [0, 0.1) is 6.92 Å². The van der Waals surface area contributed by atoms with Crippen molar-refractivity contribution in [2.75, 3.05) is 24.1 Å². The van der Waals surface area contributed by atoms with E-state index in [0.29, 0.717) is 35.6 Å². The second-order valence-electron chi connectivity index (χ2n) is 8.72. The summed E-state index contributed by atoms with van der Waals surface area (Å²) in [6.45, 7) is 2.81. The summed E-state index contributed by atoms with van der Waals surface area (Å²) in [6.07, 6.45) is -3.57. The number of hydrogen-bond donors (Lipinski definition) is 3. The van der Waals surface area contributed by atoms with Gasteiger partial charge < -0.3 is 25.6 Å². The summed E-state index contributed by atoms with van der Waals surface area (Å²) < 4.78 is 43.3. The number of carbonyl (C=O) groups is 1. The predicted molar refractivity (Wildman–Crippen MR) is 126 cm³/mol. The third-order valence-electron chi connectivity index (χ3n) is 6.30. The molecule has 11 nitrogen and oxygen atoms in total. The number of rotatable bonds is 5. The van der Waals surface area contributed by atoms with E-state index in [1.54, 1.807) is 19.1 Å². The van der Waals surface area contributed by atoms with Gasteiger partial charge in [0.25, 0.3) is 6.43 Å². The van der Waals surface area contributed by atoms with Crippen molar-refractivity contribution < 1.29 is 23.1 Å². The zero-order valence-electron chi connectivity index (χ0n) is 19.5. The molecule has 190 valence electrons. The Balaban J connectivity index is 1.50. The third kappa shape index (κ3) is 4.12. The van der Waals surface area contributed by atoms with Crippen molar-refractivity contribution in [1.29, 1.82) is 0 Å². The second-order valence-corrected chi connectivity index (χ2v) is 8.72. The highest BCUT2D eigenvalue weighted by atomic mass is 19.3. The van der Waals surface area contributed by atoms with Crippen LogP contribution in [0.5, 0.6) is 5.88 Å². The molecule has 4 aromatic heterocycles. The van der Waals surface area contributed by atoms with Gasteiger partial charge in [-0.05, 0) is 25.5 Å². The highest BCUT2D eigenvalue weighted by Gasteiger charge is 2.31. The lowest BCUT2D eigenvalue weighted by atomic mass is 10.0. The number of carbonyl (C=O) groups excluding carboxylic acids is 1. The van der Waals surface area contributed by atoms with Crippen molar-refractivity contribution in [2.45, 2.75) is 45.5 Å². The molecule has 5 heterocycles. The van der Waals surface area contributed by atoms with Gasteiger partial charge in [0, 0.05) is 25.1 Å². The van der Waals surface area contributed by atoms with Crippen molar-refractivity contribution in [3.05, 3.63) is 24.0 Å². The van der Waals surface area contributed by atoms with Crippen LogP contribution < -0.4 is 11.1 Å². The van der Waals surface area contributed by atoms with E-state index < -0.39 is 25.2 Å². The Morgan fingerprint density at radius 3 is 2.78 bits per heavy atom. The molecule has 4 N–H and O–H groups in total. The molecule has 36 heavy (non-hydrogen) atoms. The number of nitrogen functional groups attached to an aromatic ring is 1.